The van der Waals surface area contributed by atoms with Gasteiger partial charge in [0.25, 0.3) is 10.1 Å². The Kier molecular flexibility index (Phi) is 6.64. The van der Waals surface area contributed by atoms with Crippen LogP contribution in [-0.2, 0) is 19.0 Å². The van der Waals surface area contributed by atoms with Crippen LogP contribution >= 0.6 is 0 Å². The maximum Gasteiger partial charge on any atom is 0.407 e. The Morgan fingerprint density at radius 2 is 1.60 bits per heavy atom. The van der Waals surface area contributed by atoms with E-state index in [2.05, 4.69) is 5.32 Å². The van der Waals surface area contributed by atoms with E-state index in [1.54, 1.807) is 32.9 Å². The average Bonchev–Trinajstić information content (AvgIpc) is 2.40. The molecule has 1 aromatic rings. The second-order valence-corrected chi connectivity index (χ2v) is 9.73. The minimum Gasteiger partial charge on any atom is -0.444 e. The first-order valence-corrected chi connectivity index (χ1v) is 9.57. The molecule has 0 heterocycles. The fourth-order valence-electron chi connectivity index (χ4n) is 1.89. The highest BCUT2D eigenvalue weighted by atomic mass is 32.2. The zero-order valence-corrected chi connectivity index (χ0v) is 16.9. The van der Waals surface area contributed by atoms with Gasteiger partial charge >= 0.3 is 6.09 Å². The molecule has 0 unspecified atom stereocenters. The van der Waals surface area contributed by atoms with Gasteiger partial charge in [-0.25, -0.2) is 4.79 Å². The minimum atomic E-state index is -3.90. The zero-order valence-electron chi connectivity index (χ0n) is 16.0. The quantitative estimate of drug-likeness (QED) is 0.799. The van der Waals surface area contributed by atoms with Crippen molar-refractivity contribution in [3.8, 4) is 0 Å². The van der Waals surface area contributed by atoms with Crippen molar-refractivity contribution in [2.24, 2.45) is 5.41 Å². The first kappa shape index (κ1) is 21.4. The molecule has 0 aliphatic carbocycles. The fourth-order valence-corrected chi connectivity index (χ4v) is 2.81. The molecule has 1 atom stereocenters. The van der Waals surface area contributed by atoms with Crippen molar-refractivity contribution < 1.29 is 22.1 Å². The molecule has 1 aromatic carbocycles. The van der Waals surface area contributed by atoms with Gasteiger partial charge in [0, 0.05) is 0 Å². The summed E-state index contributed by atoms with van der Waals surface area (Å²) in [5.41, 5.74) is -0.0979. The van der Waals surface area contributed by atoms with Gasteiger partial charge in [0.05, 0.1) is 17.5 Å². The minimum absolute atomic E-state index is 0.0861. The van der Waals surface area contributed by atoms with Gasteiger partial charge in [-0.3, -0.25) is 4.18 Å². The number of hydrogen-bond acceptors (Lipinski definition) is 5. The SMILES string of the molecule is Cc1ccc(S(=O)(=O)OC[C@@H](NC(=O)OC(C)(C)C)C(C)(C)C)cc1. The number of carbonyl (C=O) groups is 1. The van der Waals surface area contributed by atoms with Gasteiger partial charge in [-0.15, -0.1) is 0 Å². The fraction of sp³-hybridized carbons (Fsp3) is 0.611. The van der Waals surface area contributed by atoms with Gasteiger partial charge in [-0.1, -0.05) is 38.5 Å². The molecule has 1 amide bonds. The third kappa shape index (κ3) is 7.44. The molecule has 0 fully saturated rings. The summed E-state index contributed by atoms with van der Waals surface area (Å²) >= 11 is 0. The Hall–Kier alpha value is -1.60. The predicted molar refractivity (Wildman–Crippen MR) is 96.9 cm³/mol. The zero-order chi connectivity index (χ0) is 19.5. The van der Waals surface area contributed by atoms with Crippen molar-refractivity contribution in [2.75, 3.05) is 6.61 Å². The molecule has 0 spiro atoms. The summed E-state index contributed by atoms with van der Waals surface area (Å²) in [5, 5.41) is 2.70. The van der Waals surface area contributed by atoms with Gasteiger partial charge in [0.15, 0.2) is 0 Å². The van der Waals surface area contributed by atoms with Crippen LogP contribution in [0, 0.1) is 12.3 Å². The number of rotatable bonds is 5. The van der Waals surface area contributed by atoms with Crippen molar-refractivity contribution in [1.82, 2.24) is 5.32 Å². The Morgan fingerprint density at radius 3 is 2.04 bits per heavy atom. The van der Waals surface area contributed by atoms with Gasteiger partial charge in [-0.2, -0.15) is 8.42 Å². The topological polar surface area (TPSA) is 81.7 Å². The Labute approximate surface area is 151 Å². The number of nitrogens with one attached hydrogen (secondary N) is 1. The Morgan fingerprint density at radius 1 is 1.08 bits per heavy atom. The molecule has 0 bridgehead atoms. The number of ether oxygens (including phenoxy) is 1. The number of benzene rings is 1. The standard InChI is InChI=1S/C18H29NO5S/c1-13-8-10-14(11-9-13)25(21,22)23-12-15(17(2,3)4)19-16(20)24-18(5,6)7/h8-11,15H,12H2,1-7H3,(H,19,20)/t15-/m1/s1. The van der Waals surface area contributed by atoms with Crippen molar-refractivity contribution in [3.63, 3.8) is 0 Å². The first-order valence-electron chi connectivity index (χ1n) is 8.16. The lowest BCUT2D eigenvalue weighted by atomic mass is 9.87. The third-order valence-electron chi connectivity index (χ3n) is 3.44. The lowest BCUT2D eigenvalue weighted by molar-refractivity contribution is 0.0431. The summed E-state index contributed by atoms with van der Waals surface area (Å²) in [6.45, 7) is 12.6. The van der Waals surface area contributed by atoms with Crippen molar-refractivity contribution in [1.29, 1.82) is 0 Å². The van der Waals surface area contributed by atoms with Gasteiger partial charge in [0.2, 0.25) is 0 Å². The monoisotopic (exact) mass is 371 g/mol. The second kappa shape index (κ2) is 7.74. The van der Waals surface area contributed by atoms with Crippen molar-refractivity contribution >= 4 is 16.2 Å². The van der Waals surface area contributed by atoms with E-state index in [4.69, 9.17) is 8.92 Å². The largest absolute Gasteiger partial charge is 0.444 e. The van der Waals surface area contributed by atoms with Gasteiger partial charge < -0.3 is 10.1 Å². The molecule has 7 heteroatoms. The van der Waals surface area contributed by atoms with Crippen LogP contribution in [0.4, 0.5) is 4.79 Å². The summed E-state index contributed by atoms with van der Waals surface area (Å²) in [4.78, 5) is 12.1. The van der Waals surface area contributed by atoms with Crippen LogP contribution in [0.5, 0.6) is 0 Å². The highest BCUT2D eigenvalue weighted by Crippen LogP contribution is 2.22. The van der Waals surface area contributed by atoms with E-state index in [0.717, 1.165) is 5.56 Å². The summed E-state index contributed by atoms with van der Waals surface area (Å²) in [7, 11) is -3.90. The first-order chi connectivity index (χ1) is 11.2. The van der Waals surface area contributed by atoms with Crippen LogP contribution in [0.2, 0.25) is 0 Å². The maximum atomic E-state index is 12.3. The molecule has 142 valence electrons. The number of aryl methyl sites for hydroxylation is 1. The summed E-state index contributed by atoms with van der Waals surface area (Å²) in [5.74, 6) is 0. The third-order valence-corrected chi connectivity index (χ3v) is 4.73. The lowest BCUT2D eigenvalue weighted by Gasteiger charge is -2.32. The van der Waals surface area contributed by atoms with E-state index in [-0.39, 0.29) is 11.5 Å². The lowest BCUT2D eigenvalue weighted by Crippen LogP contribution is -2.48. The summed E-state index contributed by atoms with van der Waals surface area (Å²) < 4.78 is 35.1. The van der Waals surface area contributed by atoms with Crippen LogP contribution < -0.4 is 5.32 Å². The number of hydrogen-bond donors (Lipinski definition) is 1. The summed E-state index contributed by atoms with van der Waals surface area (Å²) in [6, 6.07) is 5.87. The summed E-state index contributed by atoms with van der Waals surface area (Å²) in [6.07, 6.45) is -0.608. The van der Waals surface area contributed by atoms with Gasteiger partial charge in [-0.05, 0) is 45.2 Å². The predicted octanol–water partition coefficient (Wildman–Crippen LogP) is 3.64. The molecule has 1 N–H and O–H groups in total. The number of alkyl carbamates (subject to hydrolysis) is 1. The van der Waals surface area contributed by atoms with E-state index in [1.165, 1.54) is 12.1 Å². The molecule has 25 heavy (non-hydrogen) atoms. The number of amides is 1. The molecule has 0 radical (unpaired) electrons. The molecule has 0 saturated carbocycles. The molecule has 0 aliphatic heterocycles. The molecular weight excluding hydrogens is 342 g/mol. The van der Waals surface area contributed by atoms with E-state index < -0.39 is 33.3 Å². The smallest absolute Gasteiger partial charge is 0.407 e. The van der Waals surface area contributed by atoms with E-state index >= 15 is 0 Å². The highest BCUT2D eigenvalue weighted by molar-refractivity contribution is 7.86. The highest BCUT2D eigenvalue weighted by Gasteiger charge is 2.30. The van der Waals surface area contributed by atoms with E-state index in [9.17, 15) is 13.2 Å². The van der Waals surface area contributed by atoms with Crippen LogP contribution in [0.1, 0.15) is 47.1 Å². The van der Waals surface area contributed by atoms with Crippen LogP contribution in [0.3, 0.4) is 0 Å². The van der Waals surface area contributed by atoms with E-state index in [1.807, 2.05) is 27.7 Å². The van der Waals surface area contributed by atoms with Gasteiger partial charge in [0.1, 0.15) is 5.60 Å². The normalized spacial score (nSPS) is 14.0. The average molecular weight is 371 g/mol. The van der Waals surface area contributed by atoms with Crippen LogP contribution in [-0.4, -0.2) is 32.8 Å². The van der Waals surface area contributed by atoms with Crippen LogP contribution in [0.25, 0.3) is 0 Å². The molecule has 1 rings (SSSR count). The Bertz CT molecular complexity index is 682. The van der Waals surface area contributed by atoms with Crippen LogP contribution in [0.15, 0.2) is 29.2 Å². The molecule has 0 aliphatic rings. The van der Waals surface area contributed by atoms with Crippen molar-refractivity contribution in [2.45, 2.75) is 65.0 Å². The molecular formula is C18H29NO5S. The molecule has 0 saturated heterocycles. The Balaban J connectivity index is 2.83. The number of carbonyl (C=O) groups excluding carboxylic acids is 1. The maximum absolute atomic E-state index is 12.3. The van der Waals surface area contributed by atoms with Crippen molar-refractivity contribution in [3.05, 3.63) is 29.8 Å². The molecule has 0 aromatic heterocycles. The second-order valence-electron chi connectivity index (χ2n) is 8.12. The molecule has 6 nitrogen and oxygen atoms in total. The van der Waals surface area contributed by atoms with E-state index in [0.29, 0.717) is 0 Å².